The highest BCUT2D eigenvalue weighted by Gasteiger charge is 2.13. The van der Waals surface area contributed by atoms with Crippen LogP contribution in [0.5, 0.6) is 5.75 Å². The normalized spacial score (nSPS) is 11.9. The Morgan fingerprint density at radius 2 is 2.11 bits per heavy atom. The second-order valence-corrected chi connectivity index (χ2v) is 4.85. The number of rotatable bonds is 6. The first-order valence-electron chi connectivity index (χ1n) is 5.88. The van der Waals surface area contributed by atoms with Crippen LogP contribution in [0.15, 0.2) is 18.2 Å². The van der Waals surface area contributed by atoms with E-state index in [0.717, 1.165) is 0 Å². The number of aliphatic carboxylic acids is 1. The number of carboxylic acid groups (broad SMARTS) is 1. The van der Waals surface area contributed by atoms with E-state index in [1.165, 1.54) is 18.2 Å². The van der Waals surface area contributed by atoms with Gasteiger partial charge in [0.2, 0.25) is 0 Å². The fourth-order valence-electron chi connectivity index (χ4n) is 1.53. The zero-order valence-corrected chi connectivity index (χ0v) is 11.3. The lowest BCUT2D eigenvalue weighted by molar-refractivity contribution is -0.137. The van der Waals surface area contributed by atoms with Gasteiger partial charge < -0.3 is 15.5 Å². The maximum Gasteiger partial charge on any atom is 0.303 e. The molecule has 1 unspecified atom stereocenters. The summed E-state index contributed by atoms with van der Waals surface area (Å²) in [6.07, 6.45) is 0.561. The van der Waals surface area contributed by atoms with Gasteiger partial charge in [-0.15, -0.1) is 0 Å². The first-order valence-corrected chi connectivity index (χ1v) is 6.26. The minimum absolute atomic E-state index is 0.0505. The third kappa shape index (κ3) is 5.18. The van der Waals surface area contributed by atoms with Gasteiger partial charge in [0.25, 0.3) is 5.91 Å². The number of phenols is 1. The molecule has 1 amide bonds. The molecule has 1 aromatic rings. The topological polar surface area (TPSA) is 86.6 Å². The number of hydrogen-bond donors (Lipinski definition) is 3. The zero-order chi connectivity index (χ0) is 14.4. The highest BCUT2D eigenvalue weighted by atomic mass is 35.5. The van der Waals surface area contributed by atoms with Gasteiger partial charge in [-0.2, -0.15) is 0 Å². The van der Waals surface area contributed by atoms with Crippen molar-refractivity contribution in [3.63, 3.8) is 0 Å². The largest absolute Gasteiger partial charge is 0.507 e. The molecule has 0 spiro atoms. The van der Waals surface area contributed by atoms with Gasteiger partial charge in [0, 0.05) is 18.0 Å². The second kappa shape index (κ2) is 6.99. The Labute approximate surface area is 116 Å². The Hall–Kier alpha value is -1.75. The molecule has 6 heteroatoms. The van der Waals surface area contributed by atoms with E-state index >= 15 is 0 Å². The Bertz CT molecular complexity index is 476. The summed E-state index contributed by atoms with van der Waals surface area (Å²) in [5.74, 6) is -1.39. The van der Waals surface area contributed by atoms with Crippen molar-refractivity contribution in [1.82, 2.24) is 5.32 Å². The first-order chi connectivity index (χ1) is 8.90. The van der Waals surface area contributed by atoms with Crippen molar-refractivity contribution in [2.75, 3.05) is 6.54 Å². The summed E-state index contributed by atoms with van der Waals surface area (Å²) < 4.78 is 0. The fourth-order valence-corrected chi connectivity index (χ4v) is 1.70. The van der Waals surface area contributed by atoms with Gasteiger partial charge in [0.1, 0.15) is 5.75 Å². The van der Waals surface area contributed by atoms with Crippen molar-refractivity contribution in [3.8, 4) is 5.75 Å². The number of nitrogens with one attached hydrogen (secondary N) is 1. The van der Waals surface area contributed by atoms with Gasteiger partial charge in [-0.05, 0) is 30.5 Å². The summed E-state index contributed by atoms with van der Waals surface area (Å²) in [7, 11) is 0. The van der Waals surface area contributed by atoms with Crippen molar-refractivity contribution in [1.29, 1.82) is 0 Å². The van der Waals surface area contributed by atoms with Gasteiger partial charge in [-0.3, -0.25) is 9.59 Å². The standard InChI is InChI=1S/C13H16ClNO4/c1-8(2-5-12(17)18)7-15-13(19)10-4-3-9(14)6-11(10)16/h3-4,6,8,16H,2,5,7H2,1H3,(H,15,19)(H,17,18). The number of carboxylic acids is 1. The van der Waals surface area contributed by atoms with E-state index in [1.807, 2.05) is 6.92 Å². The summed E-state index contributed by atoms with van der Waals surface area (Å²) in [6, 6.07) is 4.25. The number of amides is 1. The van der Waals surface area contributed by atoms with Gasteiger partial charge >= 0.3 is 5.97 Å². The second-order valence-electron chi connectivity index (χ2n) is 4.41. The first kappa shape index (κ1) is 15.3. The SMILES string of the molecule is CC(CCC(=O)O)CNC(=O)c1ccc(Cl)cc1O. The highest BCUT2D eigenvalue weighted by Crippen LogP contribution is 2.21. The molecular weight excluding hydrogens is 270 g/mol. The van der Waals surface area contributed by atoms with E-state index in [4.69, 9.17) is 16.7 Å². The molecule has 1 atom stereocenters. The molecule has 0 aromatic heterocycles. The maximum atomic E-state index is 11.8. The minimum atomic E-state index is -0.853. The molecule has 104 valence electrons. The summed E-state index contributed by atoms with van der Waals surface area (Å²) >= 11 is 5.67. The van der Waals surface area contributed by atoms with Gasteiger partial charge in [-0.1, -0.05) is 18.5 Å². The van der Waals surface area contributed by atoms with Crippen molar-refractivity contribution in [2.45, 2.75) is 19.8 Å². The van der Waals surface area contributed by atoms with E-state index in [9.17, 15) is 14.7 Å². The summed E-state index contributed by atoms with van der Waals surface area (Å²) in [5, 5.41) is 21.1. The van der Waals surface area contributed by atoms with E-state index in [0.29, 0.717) is 18.0 Å². The van der Waals surface area contributed by atoms with Crippen LogP contribution in [0.25, 0.3) is 0 Å². The summed E-state index contributed by atoms with van der Waals surface area (Å²) in [5.41, 5.74) is 0.148. The molecule has 0 bridgehead atoms. The van der Waals surface area contributed by atoms with Crippen molar-refractivity contribution in [3.05, 3.63) is 28.8 Å². The third-order valence-electron chi connectivity index (χ3n) is 2.67. The molecule has 0 aliphatic heterocycles. The predicted octanol–water partition coefficient (Wildman–Crippen LogP) is 2.28. The number of carbonyl (C=O) groups is 2. The molecule has 0 saturated carbocycles. The van der Waals surface area contributed by atoms with Crippen LogP contribution >= 0.6 is 11.6 Å². The van der Waals surface area contributed by atoms with Crippen LogP contribution in [-0.4, -0.2) is 28.6 Å². The van der Waals surface area contributed by atoms with Crippen LogP contribution in [0.4, 0.5) is 0 Å². The lowest BCUT2D eigenvalue weighted by atomic mass is 10.1. The molecule has 0 fully saturated rings. The monoisotopic (exact) mass is 285 g/mol. The fraction of sp³-hybridized carbons (Fsp3) is 0.385. The molecule has 3 N–H and O–H groups in total. The van der Waals surface area contributed by atoms with Crippen LogP contribution in [0.3, 0.4) is 0 Å². The molecule has 0 aliphatic carbocycles. The molecule has 0 radical (unpaired) electrons. The minimum Gasteiger partial charge on any atom is -0.507 e. The summed E-state index contributed by atoms with van der Waals surface area (Å²) in [6.45, 7) is 2.21. The Balaban J connectivity index is 2.49. The van der Waals surface area contributed by atoms with Crippen LogP contribution in [0.2, 0.25) is 5.02 Å². The number of benzene rings is 1. The predicted molar refractivity (Wildman–Crippen MR) is 71.5 cm³/mol. The molecule has 0 saturated heterocycles. The number of aromatic hydroxyl groups is 1. The maximum absolute atomic E-state index is 11.8. The number of phenolic OH excluding ortho intramolecular Hbond substituents is 1. The molecule has 0 heterocycles. The van der Waals surface area contributed by atoms with Crippen LogP contribution in [0.1, 0.15) is 30.1 Å². The van der Waals surface area contributed by atoms with E-state index in [-0.39, 0.29) is 23.7 Å². The van der Waals surface area contributed by atoms with E-state index in [1.54, 1.807) is 0 Å². The van der Waals surface area contributed by atoms with Crippen molar-refractivity contribution < 1.29 is 19.8 Å². The molecule has 1 aromatic carbocycles. The molecule has 19 heavy (non-hydrogen) atoms. The summed E-state index contributed by atoms with van der Waals surface area (Å²) in [4.78, 5) is 22.2. The molecule has 1 rings (SSSR count). The third-order valence-corrected chi connectivity index (χ3v) is 2.90. The van der Waals surface area contributed by atoms with Gasteiger partial charge in [-0.25, -0.2) is 0 Å². The Morgan fingerprint density at radius 1 is 1.42 bits per heavy atom. The lowest BCUT2D eigenvalue weighted by Gasteiger charge is -2.12. The van der Waals surface area contributed by atoms with Crippen LogP contribution in [0, 0.1) is 5.92 Å². The lowest BCUT2D eigenvalue weighted by Crippen LogP contribution is -2.28. The molecular formula is C13H16ClNO4. The quantitative estimate of drug-likeness (QED) is 0.748. The zero-order valence-electron chi connectivity index (χ0n) is 10.5. The van der Waals surface area contributed by atoms with Crippen molar-refractivity contribution >= 4 is 23.5 Å². The Kier molecular flexibility index (Phi) is 5.63. The van der Waals surface area contributed by atoms with E-state index < -0.39 is 11.9 Å². The van der Waals surface area contributed by atoms with Gasteiger partial charge in [0.05, 0.1) is 5.56 Å². The number of halogens is 1. The van der Waals surface area contributed by atoms with Crippen molar-refractivity contribution in [2.24, 2.45) is 5.92 Å². The highest BCUT2D eigenvalue weighted by molar-refractivity contribution is 6.30. The Morgan fingerprint density at radius 3 is 2.68 bits per heavy atom. The molecule has 0 aliphatic rings. The van der Waals surface area contributed by atoms with Crippen LogP contribution < -0.4 is 5.32 Å². The number of hydrogen-bond acceptors (Lipinski definition) is 3. The average Bonchev–Trinajstić information content (AvgIpc) is 2.33. The number of carbonyl (C=O) groups excluding carboxylic acids is 1. The van der Waals surface area contributed by atoms with Gasteiger partial charge in [0.15, 0.2) is 0 Å². The molecule has 5 nitrogen and oxygen atoms in total. The smallest absolute Gasteiger partial charge is 0.303 e. The average molecular weight is 286 g/mol. The van der Waals surface area contributed by atoms with Crippen LogP contribution in [-0.2, 0) is 4.79 Å². The van der Waals surface area contributed by atoms with E-state index in [2.05, 4.69) is 5.32 Å².